The van der Waals surface area contributed by atoms with Crippen molar-refractivity contribution in [3.63, 3.8) is 0 Å². The molecule has 0 aromatic heterocycles. The van der Waals surface area contributed by atoms with Crippen LogP contribution in [-0.4, -0.2) is 56.6 Å². The van der Waals surface area contributed by atoms with Crippen molar-refractivity contribution in [3.8, 4) is 5.75 Å². The molecule has 0 aliphatic heterocycles. The SMILES string of the molecule is COc1ccc(N(CCCC(=O)N(Cc2ccccc2Cl)[C@H](Cc2ccccc2)C(=O)NC(C)(C)C)S(C)(=O)=O)cc1. The molecule has 0 spiro atoms. The highest BCUT2D eigenvalue weighted by atomic mass is 35.5. The van der Waals surface area contributed by atoms with Gasteiger partial charge in [0, 0.05) is 36.5 Å². The minimum atomic E-state index is -3.61. The van der Waals surface area contributed by atoms with Crippen LogP contribution in [-0.2, 0) is 32.6 Å². The van der Waals surface area contributed by atoms with Gasteiger partial charge >= 0.3 is 0 Å². The van der Waals surface area contributed by atoms with E-state index in [0.29, 0.717) is 28.4 Å². The maximum absolute atomic E-state index is 13.9. The number of hydrogen-bond donors (Lipinski definition) is 1. The van der Waals surface area contributed by atoms with E-state index in [1.807, 2.05) is 69.3 Å². The summed E-state index contributed by atoms with van der Waals surface area (Å²) in [5, 5.41) is 3.53. The largest absolute Gasteiger partial charge is 0.497 e. The van der Waals surface area contributed by atoms with Gasteiger partial charge < -0.3 is 15.0 Å². The molecule has 226 valence electrons. The first kappa shape index (κ1) is 32.9. The van der Waals surface area contributed by atoms with Gasteiger partial charge in [0.1, 0.15) is 11.8 Å². The second kappa shape index (κ2) is 14.6. The molecule has 0 radical (unpaired) electrons. The van der Waals surface area contributed by atoms with Crippen LogP contribution >= 0.6 is 11.6 Å². The second-order valence-electron chi connectivity index (χ2n) is 11.2. The number of carbonyl (C=O) groups is 2. The lowest BCUT2D eigenvalue weighted by Gasteiger charge is -2.34. The van der Waals surface area contributed by atoms with Gasteiger partial charge in [-0.15, -0.1) is 0 Å². The van der Waals surface area contributed by atoms with Crippen molar-refractivity contribution in [2.45, 2.75) is 58.2 Å². The fraction of sp³-hybridized carbons (Fsp3) is 0.375. The molecule has 1 atom stereocenters. The third-order valence-electron chi connectivity index (χ3n) is 6.58. The van der Waals surface area contributed by atoms with Crippen LogP contribution in [0, 0.1) is 0 Å². The number of halogens is 1. The molecule has 10 heteroatoms. The molecule has 0 aliphatic carbocycles. The van der Waals surface area contributed by atoms with Crippen LogP contribution in [0.1, 0.15) is 44.7 Å². The molecule has 3 rings (SSSR count). The number of amides is 2. The Balaban J connectivity index is 1.90. The summed E-state index contributed by atoms with van der Waals surface area (Å²) in [4.78, 5) is 29.2. The van der Waals surface area contributed by atoms with E-state index in [2.05, 4.69) is 5.32 Å². The van der Waals surface area contributed by atoms with E-state index in [0.717, 1.165) is 11.8 Å². The van der Waals surface area contributed by atoms with Crippen molar-refractivity contribution in [3.05, 3.63) is 95.0 Å². The van der Waals surface area contributed by atoms with Crippen LogP contribution in [0.25, 0.3) is 0 Å². The van der Waals surface area contributed by atoms with Gasteiger partial charge in [-0.25, -0.2) is 8.42 Å². The zero-order chi connectivity index (χ0) is 30.9. The first-order chi connectivity index (χ1) is 19.8. The molecule has 0 fully saturated rings. The van der Waals surface area contributed by atoms with E-state index in [1.54, 1.807) is 35.2 Å². The van der Waals surface area contributed by atoms with E-state index in [4.69, 9.17) is 16.3 Å². The minimum absolute atomic E-state index is 0.0285. The number of ether oxygens (including phenoxy) is 1. The molecule has 0 aliphatic rings. The van der Waals surface area contributed by atoms with Crippen LogP contribution < -0.4 is 14.4 Å². The number of rotatable bonds is 13. The normalized spacial score (nSPS) is 12.3. The van der Waals surface area contributed by atoms with Crippen LogP contribution in [0.4, 0.5) is 5.69 Å². The number of sulfonamides is 1. The average molecular weight is 614 g/mol. The highest BCUT2D eigenvalue weighted by Crippen LogP contribution is 2.24. The number of hydrogen-bond acceptors (Lipinski definition) is 5. The summed E-state index contributed by atoms with van der Waals surface area (Å²) in [6.45, 7) is 5.90. The summed E-state index contributed by atoms with van der Waals surface area (Å²) in [5.74, 6) is 0.0569. The number of nitrogens with zero attached hydrogens (tertiary/aromatic N) is 2. The van der Waals surface area contributed by atoms with Crippen LogP contribution in [0.2, 0.25) is 5.02 Å². The standard InChI is InChI=1S/C32H40ClN3O5S/c1-32(2,3)34-31(38)29(22-24-12-7-6-8-13-24)35(23-25-14-9-10-15-28(25)33)30(37)16-11-21-36(42(5,39)40)26-17-19-27(41-4)20-18-26/h6-10,12-15,17-20,29H,11,16,21-23H2,1-5H3,(H,34,38)/t29-/m1/s1. The number of benzene rings is 3. The van der Waals surface area contributed by atoms with Crippen molar-refractivity contribution in [1.82, 2.24) is 10.2 Å². The predicted molar refractivity (Wildman–Crippen MR) is 168 cm³/mol. The molecular weight excluding hydrogens is 574 g/mol. The number of nitrogens with one attached hydrogen (secondary N) is 1. The third-order valence-corrected chi connectivity index (χ3v) is 8.14. The first-order valence-electron chi connectivity index (χ1n) is 13.8. The molecule has 3 aromatic carbocycles. The third kappa shape index (κ3) is 9.77. The summed E-state index contributed by atoms with van der Waals surface area (Å²) in [7, 11) is -2.08. The van der Waals surface area contributed by atoms with Gasteiger partial charge in [-0.1, -0.05) is 60.1 Å². The van der Waals surface area contributed by atoms with Gasteiger partial charge in [0.25, 0.3) is 0 Å². The topological polar surface area (TPSA) is 96.0 Å². The van der Waals surface area contributed by atoms with Gasteiger partial charge in [0.2, 0.25) is 21.8 Å². The molecule has 0 saturated carbocycles. The van der Waals surface area contributed by atoms with E-state index in [9.17, 15) is 18.0 Å². The van der Waals surface area contributed by atoms with Gasteiger partial charge in [-0.3, -0.25) is 13.9 Å². The predicted octanol–water partition coefficient (Wildman–Crippen LogP) is 5.45. The van der Waals surface area contributed by atoms with Gasteiger partial charge in [-0.05, 0) is 68.7 Å². The zero-order valence-corrected chi connectivity index (χ0v) is 26.4. The first-order valence-corrected chi connectivity index (χ1v) is 16.0. The van der Waals surface area contributed by atoms with E-state index >= 15 is 0 Å². The van der Waals surface area contributed by atoms with Gasteiger partial charge in [0.15, 0.2) is 0 Å². The fourth-order valence-electron chi connectivity index (χ4n) is 4.57. The Kier molecular flexibility index (Phi) is 11.4. The zero-order valence-electron chi connectivity index (χ0n) is 24.8. The Morgan fingerprint density at radius 3 is 2.14 bits per heavy atom. The summed E-state index contributed by atoms with van der Waals surface area (Å²) < 4.78 is 31.7. The summed E-state index contributed by atoms with van der Waals surface area (Å²) >= 11 is 6.49. The monoisotopic (exact) mass is 613 g/mol. The van der Waals surface area contributed by atoms with Gasteiger partial charge in [-0.2, -0.15) is 0 Å². The molecule has 8 nitrogen and oxygen atoms in total. The van der Waals surface area contributed by atoms with Crippen LogP contribution in [0.5, 0.6) is 5.75 Å². The summed E-state index contributed by atoms with van der Waals surface area (Å²) in [6.07, 6.45) is 1.71. The minimum Gasteiger partial charge on any atom is -0.497 e. The van der Waals surface area contributed by atoms with Gasteiger partial charge in [0.05, 0.1) is 19.1 Å². The Bertz CT molecular complexity index is 1440. The number of carbonyl (C=O) groups excluding carboxylic acids is 2. The lowest BCUT2D eigenvalue weighted by atomic mass is 10.00. The smallest absolute Gasteiger partial charge is 0.243 e. The number of methoxy groups -OCH3 is 1. The van der Waals surface area contributed by atoms with Crippen molar-refractivity contribution in [1.29, 1.82) is 0 Å². The van der Waals surface area contributed by atoms with Crippen molar-refractivity contribution in [2.24, 2.45) is 0 Å². The highest BCUT2D eigenvalue weighted by Gasteiger charge is 2.32. The fourth-order valence-corrected chi connectivity index (χ4v) is 5.73. The Morgan fingerprint density at radius 2 is 1.57 bits per heavy atom. The molecule has 1 N–H and O–H groups in total. The lowest BCUT2D eigenvalue weighted by Crippen LogP contribution is -2.54. The lowest BCUT2D eigenvalue weighted by molar-refractivity contribution is -0.142. The maximum Gasteiger partial charge on any atom is 0.243 e. The molecule has 42 heavy (non-hydrogen) atoms. The second-order valence-corrected chi connectivity index (χ2v) is 13.5. The maximum atomic E-state index is 13.9. The number of anilines is 1. The Hall–Kier alpha value is -3.56. The highest BCUT2D eigenvalue weighted by molar-refractivity contribution is 7.92. The van der Waals surface area contributed by atoms with E-state index in [1.165, 1.54) is 11.4 Å². The molecular formula is C32H40ClN3O5S. The van der Waals surface area contributed by atoms with E-state index in [-0.39, 0.29) is 37.7 Å². The van der Waals surface area contributed by atoms with Crippen LogP contribution in [0.3, 0.4) is 0 Å². The molecule has 0 unspecified atom stereocenters. The molecule has 3 aromatic rings. The summed E-state index contributed by atoms with van der Waals surface area (Å²) in [5.41, 5.74) is 1.58. The van der Waals surface area contributed by atoms with Crippen molar-refractivity contribution < 1.29 is 22.7 Å². The molecule has 2 amide bonds. The molecule has 0 bridgehead atoms. The summed E-state index contributed by atoms with van der Waals surface area (Å²) in [6, 6.07) is 22.7. The molecule has 0 heterocycles. The molecule has 0 saturated heterocycles. The Labute approximate surface area is 254 Å². The van der Waals surface area contributed by atoms with Crippen molar-refractivity contribution in [2.75, 3.05) is 24.2 Å². The van der Waals surface area contributed by atoms with Crippen LogP contribution in [0.15, 0.2) is 78.9 Å². The quantitative estimate of drug-likeness (QED) is 0.277. The van der Waals surface area contributed by atoms with Crippen molar-refractivity contribution >= 4 is 39.1 Å². The Morgan fingerprint density at radius 1 is 0.952 bits per heavy atom. The van der Waals surface area contributed by atoms with E-state index < -0.39 is 21.6 Å². The average Bonchev–Trinajstić information content (AvgIpc) is 2.93.